The van der Waals surface area contributed by atoms with Crippen LogP contribution in [0.4, 0.5) is 8.78 Å². The molecule has 14 heavy (non-hydrogen) atoms. The first kappa shape index (κ1) is 11.3. The molecule has 0 aliphatic rings. The van der Waals surface area contributed by atoms with Gasteiger partial charge in [-0.15, -0.1) is 0 Å². The molecule has 0 atom stereocenters. The van der Waals surface area contributed by atoms with Crippen molar-refractivity contribution in [3.63, 3.8) is 0 Å². The first-order valence-corrected chi connectivity index (χ1v) is 4.48. The van der Waals surface area contributed by atoms with Gasteiger partial charge in [-0.25, -0.2) is 13.8 Å². The van der Waals surface area contributed by atoms with Crippen LogP contribution in [0.2, 0.25) is 0 Å². The highest BCUT2D eigenvalue weighted by Gasteiger charge is 2.03. The third kappa shape index (κ3) is 3.51. The largest absolute Gasteiger partial charge is 0.375 e. The zero-order valence-electron chi connectivity index (χ0n) is 7.67. The quantitative estimate of drug-likeness (QED) is 0.604. The van der Waals surface area contributed by atoms with E-state index in [9.17, 15) is 8.78 Å². The Bertz CT molecular complexity index is 336. The molecule has 0 amide bonds. The number of aromatic nitrogens is 3. The zero-order valence-corrected chi connectivity index (χ0v) is 8.48. The number of aryl methyl sites for hydroxylation is 1. The summed E-state index contributed by atoms with van der Waals surface area (Å²) in [6.45, 7) is -0.319. The van der Waals surface area contributed by atoms with Gasteiger partial charge >= 0.3 is 0 Å². The lowest BCUT2D eigenvalue weighted by Crippen LogP contribution is -2.07. The summed E-state index contributed by atoms with van der Waals surface area (Å²) >= 11 is 4.85. The number of nitrogens with zero attached hydrogens (tertiary/aromatic N) is 2. The average molecular weight is 223 g/mol. The molecular formula is C7H11F2N3OS. The van der Waals surface area contributed by atoms with Gasteiger partial charge in [0.25, 0.3) is 6.43 Å². The summed E-state index contributed by atoms with van der Waals surface area (Å²) in [6, 6.07) is 0. The van der Waals surface area contributed by atoms with Crippen LogP contribution < -0.4 is 0 Å². The third-order valence-corrected chi connectivity index (χ3v) is 1.91. The molecule has 80 valence electrons. The van der Waals surface area contributed by atoms with E-state index >= 15 is 0 Å². The van der Waals surface area contributed by atoms with E-state index in [0.29, 0.717) is 17.0 Å². The lowest BCUT2D eigenvalue weighted by atomic mass is 10.4. The number of hydrogen-bond acceptors (Lipinski definition) is 3. The molecule has 0 bridgehead atoms. The molecule has 0 unspecified atom stereocenters. The van der Waals surface area contributed by atoms with Crippen molar-refractivity contribution < 1.29 is 13.5 Å². The van der Waals surface area contributed by atoms with Crippen LogP contribution in [0.25, 0.3) is 0 Å². The second kappa shape index (κ2) is 5.16. The number of hydrogen-bond donors (Lipinski definition) is 1. The van der Waals surface area contributed by atoms with Gasteiger partial charge in [-0.2, -0.15) is 0 Å². The molecule has 0 spiro atoms. The molecule has 1 aromatic heterocycles. The number of H-pyrrole nitrogens is 1. The summed E-state index contributed by atoms with van der Waals surface area (Å²) in [5.74, 6) is 0.645. The molecule has 0 aliphatic carbocycles. The minimum Gasteiger partial charge on any atom is -0.375 e. The highest BCUT2D eigenvalue weighted by Crippen LogP contribution is 1.96. The Morgan fingerprint density at radius 3 is 2.86 bits per heavy atom. The molecule has 0 aromatic carbocycles. The highest BCUT2D eigenvalue weighted by atomic mass is 32.1. The van der Waals surface area contributed by atoms with Gasteiger partial charge < -0.3 is 4.74 Å². The van der Waals surface area contributed by atoms with Crippen LogP contribution in [-0.4, -0.2) is 34.4 Å². The van der Waals surface area contributed by atoms with Crippen LogP contribution in [-0.2, 0) is 18.2 Å². The standard InChI is InChI=1S/C7H11F2N3OS/c1-12-7(14)10-6(11-12)2-3-13-4-5(8)9/h5H,2-4H2,1H3,(H,10,11,14). The maximum atomic E-state index is 11.7. The van der Waals surface area contributed by atoms with Crippen molar-refractivity contribution in [2.75, 3.05) is 13.2 Å². The number of rotatable bonds is 5. The van der Waals surface area contributed by atoms with E-state index in [0.717, 1.165) is 0 Å². The maximum Gasteiger partial charge on any atom is 0.261 e. The van der Waals surface area contributed by atoms with Gasteiger partial charge in [0, 0.05) is 13.5 Å². The number of aromatic amines is 1. The number of nitrogens with one attached hydrogen (secondary N) is 1. The molecule has 0 aliphatic heterocycles. The topological polar surface area (TPSA) is 42.8 Å². The fourth-order valence-corrected chi connectivity index (χ4v) is 1.07. The van der Waals surface area contributed by atoms with Crippen LogP contribution in [0.15, 0.2) is 0 Å². The van der Waals surface area contributed by atoms with Gasteiger partial charge in [0.05, 0.1) is 6.61 Å². The van der Waals surface area contributed by atoms with Crippen molar-refractivity contribution in [1.29, 1.82) is 0 Å². The average Bonchev–Trinajstić information content (AvgIpc) is 2.40. The molecule has 0 radical (unpaired) electrons. The maximum absolute atomic E-state index is 11.7. The molecule has 1 N–H and O–H groups in total. The van der Waals surface area contributed by atoms with Gasteiger partial charge in [0.1, 0.15) is 12.4 Å². The minimum atomic E-state index is -2.42. The van der Waals surface area contributed by atoms with Crippen molar-refractivity contribution in [1.82, 2.24) is 14.8 Å². The second-order valence-corrected chi connectivity index (χ2v) is 3.09. The van der Waals surface area contributed by atoms with Crippen molar-refractivity contribution in [3.05, 3.63) is 10.6 Å². The van der Waals surface area contributed by atoms with Crippen molar-refractivity contribution >= 4 is 12.2 Å². The van der Waals surface area contributed by atoms with Crippen molar-refractivity contribution in [3.8, 4) is 0 Å². The van der Waals surface area contributed by atoms with E-state index in [4.69, 9.17) is 17.0 Å². The van der Waals surface area contributed by atoms with Crippen LogP contribution >= 0.6 is 12.2 Å². The Morgan fingerprint density at radius 2 is 2.36 bits per heavy atom. The van der Waals surface area contributed by atoms with Crippen LogP contribution in [0.3, 0.4) is 0 Å². The van der Waals surface area contributed by atoms with E-state index < -0.39 is 13.0 Å². The van der Waals surface area contributed by atoms with Crippen molar-refractivity contribution in [2.45, 2.75) is 12.8 Å². The summed E-state index contributed by atoms with van der Waals surface area (Å²) in [5, 5.41) is 2.87. The fraction of sp³-hybridized carbons (Fsp3) is 0.714. The van der Waals surface area contributed by atoms with Gasteiger partial charge in [-0.05, 0) is 12.2 Å². The summed E-state index contributed by atoms with van der Waals surface area (Å²) < 4.78 is 30.0. The van der Waals surface area contributed by atoms with Crippen LogP contribution in [0.1, 0.15) is 5.82 Å². The zero-order chi connectivity index (χ0) is 10.6. The molecule has 4 nitrogen and oxygen atoms in total. The molecule has 1 rings (SSSR count). The molecule has 0 saturated heterocycles. The Kier molecular flexibility index (Phi) is 4.15. The van der Waals surface area contributed by atoms with Gasteiger partial charge in [-0.3, -0.25) is 9.78 Å². The lowest BCUT2D eigenvalue weighted by molar-refractivity contribution is 0.0183. The Labute approximate surface area is 84.9 Å². The molecular weight excluding hydrogens is 212 g/mol. The van der Waals surface area contributed by atoms with E-state index in [2.05, 4.69) is 10.1 Å². The molecule has 1 heterocycles. The number of ether oxygens (including phenoxy) is 1. The predicted octanol–water partition coefficient (Wildman–Crippen LogP) is 1.30. The minimum absolute atomic E-state index is 0.215. The molecule has 7 heteroatoms. The number of alkyl halides is 2. The summed E-state index contributed by atoms with van der Waals surface area (Å²) in [6.07, 6.45) is -1.96. The van der Waals surface area contributed by atoms with Gasteiger partial charge in [-0.1, -0.05) is 0 Å². The van der Waals surface area contributed by atoms with Crippen LogP contribution in [0, 0.1) is 4.77 Å². The van der Waals surface area contributed by atoms with Crippen LogP contribution in [0.5, 0.6) is 0 Å². The normalized spacial score (nSPS) is 11.1. The van der Waals surface area contributed by atoms with Crippen molar-refractivity contribution in [2.24, 2.45) is 7.05 Å². The van der Waals surface area contributed by atoms with E-state index in [1.807, 2.05) is 0 Å². The third-order valence-electron chi connectivity index (χ3n) is 1.54. The predicted molar refractivity (Wildman–Crippen MR) is 48.9 cm³/mol. The second-order valence-electron chi connectivity index (χ2n) is 2.73. The van der Waals surface area contributed by atoms with Gasteiger partial charge in [0.15, 0.2) is 0 Å². The summed E-state index contributed by atoms with van der Waals surface area (Å²) in [4.78, 5) is 3.98. The molecule has 0 fully saturated rings. The summed E-state index contributed by atoms with van der Waals surface area (Å²) in [5.41, 5.74) is 0. The smallest absolute Gasteiger partial charge is 0.261 e. The molecule has 1 aromatic rings. The Balaban J connectivity index is 2.28. The highest BCUT2D eigenvalue weighted by molar-refractivity contribution is 7.71. The number of halogens is 2. The first-order chi connectivity index (χ1) is 6.59. The first-order valence-electron chi connectivity index (χ1n) is 4.07. The molecule has 0 saturated carbocycles. The Morgan fingerprint density at radius 1 is 1.64 bits per heavy atom. The van der Waals surface area contributed by atoms with Gasteiger partial charge in [0.2, 0.25) is 4.77 Å². The lowest BCUT2D eigenvalue weighted by Gasteiger charge is -2.00. The summed E-state index contributed by atoms with van der Waals surface area (Å²) in [7, 11) is 1.73. The van der Waals surface area contributed by atoms with E-state index in [1.54, 1.807) is 11.7 Å². The van der Waals surface area contributed by atoms with E-state index in [-0.39, 0.29) is 6.61 Å². The fourth-order valence-electron chi connectivity index (χ4n) is 0.910. The van der Waals surface area contributed by atoms with E-state index in [1.165, 1.54) is 0 Å². The SMILES string of the molecule is Cn1[nH]c(CCOCC(F)F)nc1=S. The monoisotopic (exact) mass is 223 g/mol. The Hall–Kier alpha value is -0.820.